The summed E-state index contributed by atoms with van der Waals surface area (Å²) in [6.45, 7) is 13.4. The maximum Gasteiger partial charge on any atom is 0.0158 e. The minimum atomic E-state index is 0.544. The van der Waals surface area contributed by atoms with Gasteiger partial charge in [0.05, 0.1) is 0 Å². The van der Waals surface area contributed by atoms with Crippen LogP contribution in [0.1, 0.15) is 53.4 Å². The third-order valence-corrected chi connectivity index (χ3v) is 6.34. The van der Waals surface area contributed by atoms with Crippen molar-refractivity contribution in [1.29, 1.82) is 0 Å². The summed E-state index contributed by atoms with van der Waals surface area (Å²) in [5.41, 5.74) is 0.544. The van der Waals surface area contributed by atoms with Crippen LogP contribution in [0.5, 0.6) is 0 Å². The van der Waals surface area contributed by atoms with Gasteiger partial charge in [-0.3, -0.25) is 4.90 Å². The van der Waals surface area contributed by atoms with Gasteiger partial charge in [0, 0.05) is 36.7 Å². The second kappa shape index (κ2) is 7.51. The molecule has 2 rings (SSSR count). The largest absolute Gasteiger partial charge is 0.314 e. The molecule has 2 fully saturated rings. The van der Waals surface area contributed by atoms with Gasteiger partial charge in [0.1, 0.15) is 0 Å². The second-order valence-corrected chi connectivity index (χ2v) is 8.80. The Morgan fingerprint density at radius 1 is 1.35 bits per heavy atom. The molecule has 0 aromatic carbocycles. The van der Waals surface area contributed by atoms with Crippen LogP contribution in [0.15, 0.2) is 0 Å². The zero-order chi connectivity index (χ0) is 14.6. The minimum absolute atomic E-state index is 0.544. The van der Waals surface area contributed by atoms with Gasteiger partial charge < -0.3 is 5.32 Å². The van der Waals surface area contributed by atoms with Crippen LogP contribution in [-0.4, -0.2) is 48.1 Å². The lowest BCUT2D eigenvalue weighted by Crippen LogP contribution is -2.51. The van der Waals surface area contributed by atoms with Crippen LogP contribution in [0.25, 0.3) is 0 Å². The van der Waals surface area contributed by atoms with Crippen molar-refractivity contribution < 1.29 is 0 Å². The lowest BCUT2D eigenvalue weighted by Gasteiger charge is -2.45. The molecule has 118 valence electrons. The summed E-state index contributed by atoms with van der Waals surface area (Å²) in [5.74, 6) is 3.49. The van der Waals surface area contributed by atoms with Gasteiger partial charge >= 0.3 is 0 Å². The number of nitrogens with one attached hydrogen (secondary N) is 1. The molecule has 3 heteroatoms. The van der Waals surface area contributed by atoms with E-state index in [9.17, 15) is 0 Å². The van der Waals surface area contributed by atoms with Crippen molar-refractivity contribution in [3.05, 3.63) is 0 Å². The first-order chi connectivity index (χ1) is 9.52. The van der Waals surface area contributed by atoms with Crippen LogP contribution in [0, 0.1) is 11.3 Å². The van der Waals surface area contributed by atoms with Crippen molar-refractivity contribution >= 4 is 11.8 Å². The molecule has 1 aliphatic heterocycles. The fourth-order valence-corrected chi connectivity index (χ4v) is 4.94. The van der Waals surface area contributed by atoms with Crippen LogP contribution in [0.3, 0.4) is 0 Å². The quantitative estimate of drug-likeness (QED) is 0.834. The van der Waals surface area contributed by atoms with Crippen molar-refractivity contribution in [2.75, 3.05) is 31.1 Å². The molecule has 0 aromatic heterocycles. The predicted molar refractivity (Wildman–Crippen MR) is 91.6 cm³/mol. The molecule has 1 heterocycles. The Bertz CT molecular complexity index is 293. The van der Waals surface area contributed by atoms with Crippen molar-refractivity contribution in [2.24, 2.45) is 11.3 Å². The molecule has 0 amide bonds. The van der Waals surface area contributed by atoms with E-state index >= 15 is 0 Å². The first-order valence-electron chi connectivity index (χ1n) is 8.57. The van der Waals surface area contributed by atoms with E-state index in [2.05, 4.69) is 49.7 Å². The number of hydrogen-bond donors (Lipinski definition) is 1. The standard InChI is InChI=1S/C17H34N2S/c1-5-8-18-16-6-7-17(3,4)11-15(16)12-19-9-10-20-13-14(19)2/h14-16,18H,5-13H2,1-4H3. The Morgan fingerprint density at radius 3 is 2.85 bits per heavy atom. The third-order valence-electron chi connectivity index (χ3n) is 5.15. The fraction of sp³-hybridized carbons (Fsp3) is 1.00. The van der Waals surface area contributed by atoms with Crippen molar-refractivity contribution in [1.82, 2.24) is 10.2 Å². The Balaban J connectivity index is 1.95. The summed E-state index contributed by atoms with van der Waals surface area (Å²) in [6.07, 6.45) is 5.40. The molecule has 2 aliphatic rings. The minimum Gasteiger partial charge on any atom is -0.314 e. The summed E-state index contributed by atoms with van der Waals surface area (Å²) in [5, 5.41) is 3.83. The highest BCUT2D eigenvalue weighted by atomic mass is 32.2. The van der Waals surface area contributed by atoms with Crippen molar-refractivity contribution in [3.8, 4) is 0 Å². The van der Waals surface area contributed by atoms with Crippen LogP contribution >= 0.6 is 11.8 Å². The lowest BCUT2D eigenvalue weighted by molar-refractivity contribution is 0.0900. The van der Waals surface area contributed by atoms with Crippen LogP contribution in [0.2, 0.25) is 0 Å². The molecule has 0 spiro atoms. The lowest BCUT2D eigenvalue weighted by atomic mass is 9.69. The maximum absolute atomic E-state index is 3.83. The smallest absolute Gasteiger partial charge is 0.0158 e. The molecule has 1 saturated heterocycles. The molecule has 0 bridgehead atoms. The number of rotatable bonds is 5. The predicted octanol–water partition coefficient (Wildman–Crippen LogP) is 3.62. The van der Waals surface area contributed by atoms with Gasteiger partial charge in [0.2, 0.25) is 0 Å². The SMILES string of the molecule is CCCNC1CCC(C)(C)CC1CN1CCSCC1C. The number of thioether (sulfide) groups is 1. The van der Waals surface area contributed by atoms with Gasteiger partial charge in [0.25, 0.3) is 0 Å². The zero-order valence-electron chi connectivity index (χ0n) is 14.0. The molecular weight excluding hydrogens is 264 g/mol. The van der Waals surface area contributed by atoms with E-state index in [1.807, 2.05) is 0 Å². The Hall–Kier alpha value is 0.270. The molecule has 1 N–H and O–H groups in total. The molecule has 3 atom stereocenters. The maximum atomic E-state index is 3.83. The van der Waals surface area contributed by atoms with Gasteiger partial charge in [-0.1, -0.05) is 20.8 Å². The number of nitrogens with zero attached hydrogens (tertiary/aromatic N) is 1. The Labute approximate surface area is 130 Å². The van der Waals surface area contributed by atoms with Gasteiger partial charge in [0.15, 0.2) is 0 Å². The summed E-state index contributed by atoms with van der Waals surface area (Å²) in [6, 6.07) is 1.52. The fourth-order valence-electron chi connectivity index (χ4n) is 3.86. The average molecular weight is 299 g/mol. The van der Waals surface area contributed by atoms with E-state index < -0.39 is 0 Å². The summed E-state index contributed by atoms with van der Waals surface area (Å²) >= 11 is 2.13. The molecule has 0 aromatic rings. The topological polar surface area (TPSA) is 15.3 Å². The van der Waals surface area contributed by atoms with Gasteiger partial charge in [-0.25, -0.2) is 0 Å². The molecule has 2 nitrogen and oxygen atoms in total. The van der Waals surface area contributed by atoms with Crippen LogP contribution < -0.4 is 5.32 Å². The van der Waals surface area contributed by atoms with Crippen molar-refractivity contribution in [3.63, 3.8) is 0 Å². The highest BCUT2D eigenvalue weighted by molar-refractivity contribution is 7.99. The summed E-state index contributed by atoms with van der Waals surface area (Å²) < 4.78 is 0. The van der Waals surface area contributed by atoms with Gasteiger partial charge in [-0.05, 0) is 50.5 Å². The van der Waals surface area contributed by atoms with Gasteiger partial charge in [-0.2, -0.15) is 11.8 Å². The van der Waals surface area contributed by atoms with E-state index in [0.717, 1.165) is 18.0 Å². The van der Waals surface area contributed by atoms with Crippen LogP contribution in [0.4, 0.5) is 0 Å². The Kier molecular flexibility index (Phi) is 6.25. The van der Waals surface area contributed by atoms with E-state index in [0.29, 0.717) is 5.41 Å². The van der Waals surface area contributed by atoms with E-state index in [1.165, 1.54) is 56.8 Å². The molecule has 20 heavy (non-hydrogen) atoms. The van der Waals surface area contributed by atoms with Crippen molar-refractivity contribution in [2.45, 2.75) is 65.5 Å². The van der Waals surface area contributed by atoms with Crippen LogP contribution in [-0.2, 0) is 0 Å². The zero-order valence-corrected chi connectivity index (χ0v) is 14.8. The second-order valence-electron chi connectivity index (χ2n) is 7.65. The summed E-state index contributed by atoms with van der Waals surface area (Å²) in [7, 11) is 0. The van der Waals surface area contributed by atoms with E-state index in [1.54, 1.807) is 0 Å². The average Bonchev–Trinajstić information content (AvgIpc) is 2.40. The highest BCUT2D eigenvalue weighted by Crippen LogP contribution is 2.39. The Morgan fingerprint density at radius 2 is 2.15 bits per heavy atom. The molecule has 1 saturated carbocycles. The third kappa shape index (κ3) is 4.64. The van der Waals surface area contributed by atoms with E-state index in [4.69, 9.17) is 0 Å². The van der Waals surface area contributed by atoms with Gasteiger partial charge in [-0.15, -0.1) is 0 Å². The first kappa shape index (κ1) is 16.6. The highest BCUT2D eigenvalue weighted by Gasteiger charge is 2.36. The monoisotopic (exact) mass is 298 g/mol. The molecule has 0 radical (unpaired) electrons. The van der Waals surface area contributed by atoms with E-state index in [-0.39, 0.29) is 0 Å². The molecule has 3 unspecified atom stereocenters. The summed E-state index contributed by atoms with van der Waals surface area (Å²) in [4.78, 5) is 2.75. The molecular formula is C17H34N2S. The number of hydrogen-bond acceptors (Lipinski definition) is 3. The molecule has 1 aliphatic carbocycles. The first-order valence-corrected chi connectivity index (χ1v) is 9.72. The normalized spacial score (nSPS) is 35.1.